The highest BCUT2D eigenvalue weighted by molar-refractivity contribution is 5.97. The van der Waals surface area contributed by atoms with Crippen LogP contribution < -0.4 is 10.2 Å². The van der Waals surface area contributed by atoms with E-state index in [2.05, 4.69) is 10.2 Å². The van der Waals surface area contributed by atoms with Crippen LogP contribution in [-0.4, -0.2) is 71.8 Å². The SMILES string of the molecule is [C-]#[N+]c1ccc(N2CCN(C(=O)CC(=O)N3CCC(Nc4ccc([N+](=O)[O-])c(C(F)(F)F)c4)CC3)CC2)cc1C(F)(F)F. The topological polar surface area (TPSA) is 103 Å². The second-order valence-electron chi connectivity index (χ2n) is 10.1. The maximum absolute atomic E-state index is 13.3. The number of alkyl halides is 6. The van der Waals surface area contributed by atoms with E-state index in [9.17, 15) is 46.0 Å². The predicted octanol–water partition coefficient (Wildman–Crippen LogP) is 5.32. The summed E-state index contributed by atoms with van der Waals surface area (Å²) in [5.74, 6) is -0.833. The van der Waals surface area contributed by atoms with Crippen LogP contribution in [0.3, 0.4) is 0 Å². The molecule has 0 unspecified atom stereocenters. The Kier molecular flexibility index (Phi) is 9.02. The van der Waals surface area contributed by atoms with Crippen molar-refractivity contribution in [1.82, 2.24) is 9.80 Å². The second-order valence-corrected chi connectivity index (χ2v) is 10.1. The zero-order valence-corrected chi connectivity index (χ0v) is 22.5. The molecule has 2 aromatic rings. The molecule has 2 aromatic carbocycles. The number of nitro benzene ring substituents is 1. The fraction of sp³-hybridized carbons (Fsp3) is 0.444. The molecule has 0 radical (unpaired) electrons. The zero-order chi connectivity index (χ0) is 31.5. The first-order chi connectivity index (χ1) is 20.2. The van der Waals surface area contributed by atoms with Crippen molar-refractivity contribution in [3.63, 3.8) is 0 Å². The summed E-state index contributed by atoms with van der Waals surface area (Å²) in [4.78, 5) is 43.0. The van der Waals surface area contributed by atoms with Gasteiger partial charge in [-0.3, -0.25) is 19.7 Å². The summed E-state index contributed by atoms with van der Waals surface area (Å²) in [7, 11) is 0. The molecule has 2 fully saturated rings. The highest BCUT2D eigenvalue weighted by atomic mass is 19.4. The molecule has 2 amide bonds. The smallest absolute Gasteiger partial charge is 0.382 e. The van der Waals surface area contributed by atoms with Crippen LogP contribution in [0.2, 0.25) is 0 Å². The van der Waals surface area contributed by atoms with E-state index < -0.39 is 58.0 Å². The number of benzene rings is 2. The van der Waals surface area contributed by atoms with E-state index in [-0.39, 0.29) is 56.7 Å². The van der Waals surface area contributed by atoms with E-state index in [0.717, 1.165) is 18.2 Å². The minimum absolute atomic E-state index is 0.0639. The van der Waals surface area contributed by atoms with Gasteiger partial charge in [0.05, 0.1) is 17.1 Å². The molecule has 16 heteroatoms. The molecule has 0 saturated carbocycles. The Bertz CT molecular complexity index is 1420. The van der Waals surface area contributed by atoms with Crippen LogP contribution in [0, 0.1) is 16.7 Å². The highest BCUT2D eigenvalue weighted by Crippen LogP contribution is 2.39. The van der Waals surface area contributed by atoms with E-state index in [1.54, 1.807) is 4.90 Å². The molecule has 10 nitrogen and oxygen atoms in total. The van der Waals surface area contributed by atoms with Crippen LogP contribution in [-0.2, 0) is 21.9 Å². The monoisotopic (exact) mass is 612 g/mol. The number of halogens is 6. The number of piperazine rings is 1. The lowest BCUT2D eigenvalue weighted by atomic mass is 10.0. The number of nitrogens with one attached hydrogen (secondary N) is 1. The maximum atomic E-state index is 13.3. The van der Waals surface area contributed by atoms with Crippen molar-refractivity contribution in [2.45, 2.75) is 37.7 Å². The van der Waals surface area contributed by atoms with E-state index >= 15 is 0 Å². The Morgan fingerprint density at radius 3 is 2.00 bits per heavy atom. The van der Waals surface area contributed by atoms with Gasteiger partial charge < -0.3 is 20.0 Å². The second kappa shape index (κ2) is 12.4. The molecule has 0 aromatic heterocycles. The van der Waals surface area contributed by atoms with Gasteiger partial charge in [-0.25, -0.2) is 4.85 Å². The van der Waals surface area contributed by atoms with Gasteiger partial charge in [0.2, 0.25) is 11.8 Å². The maximum Gasteiger partial charge on any atom is 0.423 e. The van der Waals surface area contributed by atoms with Crippen LogP contribution in [0.5, 0.6) is 0 Å². The first-order valence-electron chi connectivity index (χ1n) is 13.2. The lowest BCUT2D eigenvalue weighted by Gasteiger charge is -2.37. The molecular formula is C27H26F6N6O4. The molecule has 0 atom stereocenters. The summed E-state index contributed by atoms with van der Waals surface area (Å²) in [5.41, 5.74) is -3.59. The normalized spacial score (nSPS) is 16.5. The average molecular weight is 613 g/mol. The summed E-state index contributed by atoms with van der Waals surface area (Å²) in [6, 6.07) is 5.85. The van der Waals surface area contributed by atoms with Gasteiger partial charge >= 0.3 is 12.4 Å². The van der Waals surface area contributed by atoms with E-state index in [0.29, 0.717) is 18.9 Å². The molecule has 2 heterocycles. The van der Waals surface area contributed by atoms with Gasteiger partial charge in [0.1, 0.15) is 12.0 Å². The Morgan fingerprint density at radius 2 is 1.47 bits per heavy atom. The molecule has 0 spiro atoms. The fourth-order valence-corrected chi connectivity index (χ4v) is 5.13. The number of rotatable bonds is 6. The standard InChI is InChI=1S/C27H26F6N6O4/c1-34-22-4-3-19(15-20(22)26(28,29)30)36-10-12-38(13-11-36)25(41)16-24(40)37-8-6-17(7-9-37)35-18-2-5-23(39(42)43)21(14-18)27(31,32)33/h2-5,14-15,17,35H,6-13,16H2. The summed E-state index contributed by atoms with van der Waals surface area (Å²) in [5, 5.41) is 13.9. The Hall–Kier alpha value is -4.55. The van der Waals surface area contributed by atoms with Crippen molar-refractivity contribution in [2.75, 3.05) is 49.5 Å². The van der Waals surface area contributed by atoms with Gasteiger partial charge in [-0.2, -0.15) is 26.3 Å². The van der Waals surface area contributed by atoms with Crippen molar-refractivity contribution in [1.29, 1.82) is 0 Å². The third kappa shape index (κ3) is 7.46. The summed E-state index contributed by atoms with van der Waals surface area (Å²) in [6.07, 6.45) is -9.23. The quantitative estimate of drug-likeness (QED) is 0.156. The molecule has 0 bridgehead atoms. The van der Waals surface area contributed by atoms with Gasteiger partial charge in [-0.15, -0.1) is 0 Å². The van der Waals surface area contributed by atoms with Gasteiger partial charge in [-0.1, -0.05) is 6.07 Å². The number of carbonyl (C=O) groups excluding carboxylic acids is 2. The van der Waals surface area contributed by atoms with E-state index in [4.69, 9.17) is 6.57 Å². The number of nitrogens with zero attached hydrogens (tertiary/aromatic N) is 5. The third-order valence-electron chi connectivity index (χ3n) is 7.42. The van der Waals surface area contributed by atoms with E-state index in [1.165, 1.54) is 21.9 Å². The molecule has 43 heavy (non-hydrogen) atoms. The molecule has 1 N–H and O–H groups in total. The van der Waals surface area contributed by atoms with Crippen molar-refractivity contribution >= 4 is 34.6 Å². The molecule has 2 saturated heterocycles. The largest absolute Gasteiger partial charge is 0.423 e. The molecule has 4 rings (SSSR count). The molecular weight excluding hydrogens is 586 g/mol. The van der Waals surface area contributed by atoms with Crippen molar-refractivity contribution in [3.8, 4) is 0 Å². The lowest BCUT2D eigenvalue weighted by Crippen LogP contribution is -2.50. The molecule has 0 aliphatic carbocycles. The van der Waals surface area contributed by atoms with Crippen LogP contribution in [0.25, 0.3) is 4.85 Å². The number of hydrogen-bond donors (Lipinski definition) is 1. The Morgan fingerprint density at radius 1 is 0.884 bits per heavy atom. The zero-order valence-electron chi connectivity index (χ0n) is 22.5. The number of nitro groups is 1. The third-order valence-corrected chi connectivity index (χ3v) is 7.42. The fourth-order valence-electron chi connectivity index (χ4n) is 5.13. The minimum atomic E-state index is -4.91. The number of hydrogen-bond acceptors (Lipinski definition) is 6. The van der Waals surface area contributed by atoms with Crippen molar-refractivity contribution < 1.29 is 40.9 Å². The van der Waals surface area contributed by atoms with Crippen LogP contribution in [0.1, 0.15) is 30.4 Å². The number of anilines is 2. The summed E-state index contributed by atoms with van der Waals surface area (Å²) < 4.78 is 79.8. The number of piperidine rings is 1. The number of likely N-dealkylation sites (tertiary alicyclic amines) is 1. The van der Waals surface area contributed by atoms with E-state index in [1.807, 2.05) is 0 Å². The van der Waals surface area contributed by atoms with Crippen LogP contribution >= 0.6 is 0 Å². The highest BCUT2D eigenvalue weighted by Gasteiger charge is 2.39. The van der Waals surface area contributed by atoms with Crippen LogP contribution in [0.4, 0.5) is 49.1 Å². The lowest BCUT2D eigenvalue weighted by molar-refractivity contribution is -0.388. The summed E-state index contributed by atoms with van der Waals surface area (Å²) >= 11 is 0. The minimum Gasteiger partial charge on any atom is -0.382 e. The van der Waals surface area contributed by atoms with Crippen molar-refractivity contribution in [2.24, 2.45) is 0 Å². The van der Waals surface area contributed by atoms with Crippen LogP contribution in [0.15, 0.2) is 36.4 Å². The van der Waals surface area contributed by atoms with Gasteiger partial charge in [-0.05, 0) is 37.1 Å². The first kappa shape index (κ1) is 31.4. The van der Waals surface area contributed by atoms with Crippen molar-refractivity contribution in [3.05, 3.63) is 69.1 Å². The number of amides is 2. The molecule has 230 valence electrons. The van der Waals surface area contributed by atoms with Gasteiger partial charge in [0.15, 0.2) is 5.69 Å². The summed E-state index contributed by atoms with van der Waals surface area (Å²) in [6.45, 7) is 8.33. The Balaban J connectivity index is 1.26. The molecule has 2 aliphatic heterocycles. The first-order valence-corrected chi connectivity index (χ1v) is 13.2. The predicted molar refractivity (Wildman–Crippen MR) is 142 cm³/mol. The molecule has 2 aliphatic rings. The Labute approximate surface area is 241 Å². The average Bonchev–Trinajstić information content (AvgIpc) is 2.96. The van der Waals surface area contributed by atoms with Gasteiger partial charge in [0, 0.05) is 62.8 Å². The number of carbonyl (C=O) groups is 2. The van der Waals surface area contributed by atoms with Gasteiger partial charge in [0.25, 0.3) is 5.69 Å².